The Morgan fingerprint density at radius 3 is 2.55 bits per heavy atom. The van der Waals surface area contributed by atoms with Crippen LogP contribution in [-0.2, 0) is 21.4 Å². The number of nitrogens with zero attached hydrogens (tertiary/aromatic N) is 4. The zero-order valence-electron chi connectivity index (χ0n) is 15.7. The second-order valence-corrected chi connectivity index (χ2v) is 8.30. The van der Waals surface area contributed by atoms with Gasteiger partial charge in [0.05, 0.1) is 28.8 Å². The van der Waals surface area contributed by atoms with Crippen LogP contribution in [0.5, 0.6) is 0 Å². The highest BCUT2D eigenvalue weighted by Gasteiger charge is 2.23. The number of nitriles is 1. The van der Waals surface area contributed by atoms with Crippen molar-refractivity contribution in [2.24, 2.45) is 0 Å². The number of rotatable bonds is 7. The van der Waals surface area contributed by atoms with Gasteiger partial charge < -0.3 is 5.32 Å². The van der Waals surface area contributed by atoms with Crippen LogP contribution in [0.1, 0.15) is 11.1 Å². The molecule has 1 amide bonds. The van der Waals surface area contributed by atoms with Crippen LogP contribution in [0.15, 0.2) is 71.9 Å². The molecule has 0 aliphatic rings. The summed E-state index contributed by atoms with van der Waals surface area (Å²) in [5.41, 5.74) is 2.04. The largest absolute Gasteiger partial charge is 0.351 e. The van der Waals surface area contributed by atoms with Crippen LogP contribution in [0, 0.1) is 11.3 Å². The first-order chi connectivity index (χ1) is 13.9. The van der Waals surface area contributed by atoms with Crippen molar-refractivity contribution in [2.75, 3.05) is 13.6 Å². The van der Waals surface area contributed by atoms with Crippen LogP contribution in [0.25, 0.3) is 5.69 Å². The molecule has 9 heteroatoms. The zero-order valence-corrected chi connectivity index (χ0v) is 16.5. The molecular formula is C20H19N5O3S. The minimum absolute atomic E-state index is 0.0239. The SMILES string of the molecule is CN(CC(=O)NCc1ccccc1-n1cccn1)S(=O)(=O)c1ccc(C#N)cc1. The molecule has 0 atom stereocenters. The number of hydrogen-bond donors (Lipinski definition) is 1. The van der Waals surface area contributed by atoms with Crippen LogP contribution < -0.4 is 5.32 Å². The molecule has 8 nitrogen and oxygen atoms in total. The average Bonchev–Trinajstić information content (AvgIpc) is 3.27. The van der Waals surface area contributed by atoms with E-state index < -0.39 is 15.9 Å². The van der Waals surface area contributed by atoms with Crippen molar-refractivity contribution in [1.82, 2.24) is 19.4 Å². The fourth-order valence-electron chi connectivity index (χ4n) is 2.71. The Hall–Kier alpha value is -3.48. The third-order valence-electron chi connectivity index (χ3n) is 4.28. The second kappa shape index (κ2) is 8.68. The molecule has 0 saturated heterocycles. The van der Waals surface area contributed by atoms with Gasteiger partial charge in [0.25, 0.3) is 0 Å². The fourth-order valence-corrected chi connectivity index (χ4v) is 3.84. The highest BCUT2D eigenvalue weighted by molar-refractivity contribution is 7.89. The molecule has 0 radical (unpaired) electrons. The number of amides is 1. The number of aromatic nitrogens is 2. The molecule has 0 aliphatic heterocycles. The minimum Gasteiger partial charge on any atom is -0.351 e. The van der Waals surface area contributed by atoms with Gasteiger partial charge in [-0.3, -0.25) is 4.79 Å². The lowest BCUT2D eigenvalue weighted by Crippen LogP contribution is -2.38. The van der Waals surface area contributed by atoms with Crippen molar-refractivity contribution >= 4 is 15.9 Å². The molecule has 3 rings (SSSR count). The Morgan fingerprint density at radius 2 is 1.90 bits per heavy atom. The lowest BCUT2D eigenvalue weighted by molar-refractivity contribution is -0.121. The second-order valence-electron chi connectivity index (χ2n) is 6.25. The molecule has 29 heavy (non-hydrogen) atoms. The van der Waals surface area contributed by atoms with Crippen molar-refractivity contribution in [3.8, 4) is 11.8 Å². The average molecular weight is 409 g/mol. The van der Waals surface area contributed by atoms with Gasteiger partial charge in [-0.1, -0.05) is 18.2 Å². The molecular weight excluding hydrogens is 390 g/mol. The highest BCUT2D eigenvalue weighted by atomic mass is 32.2. The van der Waals surface area contributed by atoms with Gasteiger partial charge in [0.2, 0.25) is 15.9 Å². The van der Waals surface area contributed by atoms with E-state index in [4.69, 9.17) is 5.26 Å². The van der Waals surface area contributed by atoms with E-state index in [-0.39, 0.29) is 18.0 Å². The third kappa shape index (κ3) is 4.68. The molecule has 3 aromatic rings. The summed E-state index contributed by atoms with van der Waals surface area (Å²) in [6, 6.07) is 16.8. The Kier molecular flexibility index (Phi) is 6.07. The van der Waals surface area contributed by atoms with Gasteiger partial charge in [0, 0.05) is 26.0 Å². The Balaban J connectivity index is 1.64. The summed E-state index contributed by atoms with van der Waals surface area (Å²) in [4.78, 5) is 12.3. The topological polar surface area (TPSA) is 108 Å². The maximum Gasteiger partial charge on any atom is 0.243 e. The van der Waals surface area contributed by atoms with Gasteiger partial charge in [-0.25, -0.2) is 13.1 Å². The van der Waals surface area contributed by atoms with Gasteiger partial charge in [-0.2, -0.15) is 14.7 Å². The fraction of sp³-hybridized carbons (Fsp3) is 0.150. The van der Waals surface area contributed by atoms with Crippen LogP contribution >= 0.6 is 0 Å². The molecule has 1 aromatic heterocycles. The molecule has 1 heterocycles. The number of likely N-dealkylation sites (N-methyl/N-ethyl adjacent to an activating group) is 1. The summed E-state index contributed by atoms with van der Waals surface area (Å²) in [7, 11) is -2.50. The summed E-state index contributed by atoms with van der Waals surface area (Å²) < 4.78 is 27.9. The van der Waals surface area contributed by atoms with E-state index in [1.807, 2.05) is 30.3 Å². The first-order valence-electron chi connectivity index (χ1n) is 8.73. The van der Waals surface area contributed by atoms with E-state index in [1.165, 1.54) is 31.3 Å². The predicted molar refractivity (Wildman–Crippen MR) is 106 cm³/mol. The number of para-hydroxylation sites is 1. The van der Waals surface area contributed by atoms with Crippen molar-refractivity contribution in [3.63, 3.8) is 0 Å². The molecule has 1 N–H and O–H groups in total. The summed E-state index contributed by atoms with van der Waals surface area (Å²) >= 11 is 0. The molecule has 0 saturated carbocycles. The van der Waals surface area contributed by atoms with Crippen LogP contribution in [0.3, 0.4) is 0 Å². The van der Waals surface area contributed by atoms with Crippen molar-refractivity contribution in [2.45, 2.75) is 11.4 Å². The number of carbonyl (C=O) groups is 1. The summed E-state index contributed by atoms with van der Waals surface area (Å²) in [6.07, 6.45) is 3.47. The summed E-state index contributed by atoms with van der Waals surface area (Å²) in [5.74, 6) is -0.431. The Bertz CT molecular complexity index is 1130. The van der Waals surface area contributed by atoms with Gasteiger partial charge in [-0.15, -0.1) is 0 Å². The monoisotopic (exact) mass is 409 g/mol. The van der Waals surface area contributed by atoms with Crippen molar-refractivity contribution in [1.29, 1.82) is 5.26 Å². The lowest BCUT2D eigenvalue weighted by Gasteiger charge is -2.17. The quantitative estimate of drug-likeness (QED) is 0.639. The van der Waals surface area contributed by atoms with Crippen LogP contribution in [0.4, 0.5) is 0 Å². The predicted octanol–water partition coefficient (Wildman–Crippen LogP) is 1.68. The van der Waals surface area contributed by atoms with E-state index in [1.54, 1.807) is 23.1 Å². The number of carbonyl (C=O) groups excluding carboxylic acids is 1. The molecule has 0 unspecified atom stereocenters. The van der Waals surface area contributed by atoms with Crippen LogP contribution in [-0.4, -0.2) is 42.0 Å². The van der Waals surface area contributed by atoms with E-state index in [2.05, 4.69) is 10.4 Å². The number of hydrogen-bond acceptors (Lipinski definition) is 5. The van der Waals surface area contributed by atoms with Crippen molar-refractivity contribution < 1.29 is 13.2 Å². The number of sulfonamides is 1. The highest BCUT2D eigenvalue weighted by Crippen LogP contribution is 2.15. The molecule has 0 aliphatic carbocycles. The minimum atomic E-state index is -3.84. The van der Waals surface area contributed by atoms with Crippen molar-refractivity contribution in [3.05, 3.63) is 78.1 Å². The van der Waals surface area contributed by atoms with Gasteiger partial charge in [0.1, 0.15) is 0 Å². The van der Waals surface area contributed by atoms with E-state index >= 15 is 0 Å². The van der Waals surface area contributed by atoms with E-state index in [9.17, 15) is 13.2 Å². The Morgan fingerprint density at radius 1 is 1.17 bits per heavy atom. The number of benzene rings is 2. The van der Waals surface area contributed by atoms with E-state index in [0.29, 0.717) is 5.56 Å². The van der Waals surface area contributed by atoms with Gasteiger partial charge in [-0.05, 0) is 42.0 Å². The third-order valence-corrected chi connectivity index (χ3v) is 6.09. The molecule has 0 bridgehead atoms. The van der Waals surface area contributed by atoms with Gasteiger partial charge >= 0.3 is 0 Å². The smallest absolute Gasteiger partial charge is 0.243 e. The summed E-state index contributed by atoms with van der Waals surface area (Å²) in [5, 5.41) is 15.8. The van der Waals surface area contributed by atoms with Gasteiger partial charge in [0.15, 0.2) is 0 Å². The maximum absolute atomic E-state index is 12.6. The maximum atomic E-state index is 12.6. The molecule has 2 aromatic carbocycles. The number of nitrogens with one attached hydrogen (secondary N) is 1. The van der Waals surface area contributed by atoms with Crippen LogP contribution in [0.2, 0.25) is 0 Å². The van der Waals surface area contributed by atoms with E-state index in [0.717, 1.165) is 15.6 Å². The first-order valence-corrected chi connectivity index (χ1v) is 10.2. The molecule has 148 valence electrons. The normalized spacial score (nSPS) is 11.2. The molecule has 0 spiro atoms. The standard InChI is InChI=1S/C20H19N5O3S/c1-24(29(27,28)18-9-7-16(13-21)8-10-18)15-20(26)22-14-17-5-2-3-6-19(17)25-12-4-11-23-25/h2-12H,14-15H2,1H3,(H,22,26). The molecule has 0 fully saturated rings. The Labute approximate surface area is 169 Å². The first kappa shape index (κ1) is 20.3. The zero-order chi connectivity index (χ0) is 20.9. The summed E-state index contributed by atoms with van der Waals surface area (Å²) in [6.45, 7) is -0.0914. The lowest BCUT2D eigenvalue weighted by atomic mass is 10.2.